The minimum Gasteiger partial charge on any atom is -0.337 e. The van der Waals surface area contributed by atoms with Gasteiger partial charge in [-0.25, -0.2) is 4.98 Å². The fraction of sp³-hybridized carbons (Fsp3) is 0.318. The lowest BCUT2D eigenvalue weighted by molar-refractivity contribution is -0.133. The van der Waals surface area contributed by atoms with E-state index in [1.54, 1.807) is 0 Å². The van der Waals surface area contributed by atoms with Gasteiger partial charge in [0.05, 0.1) is 17.2 Å². The molecule has 1 heterocycles. The third-order valence-electron chi connectivity index (χ3n) is 5.32. The fourth-order valence-corrected chi connectivity index (χ4v) is 3.56. The van der Waals surface area contributed by atoms with Crippen LogP contribution in [0.15, 0.2) is 65.6 Å². The van der Waals surface area contributed by atoms with Crippen molar-refractivity contribution in [3.63, 3.8) is 0 Å². The van der Waals surface area contributed by atoms with Gasteiger partial charge >= 0.3 is 0 Å². The lowest BCUT2D eigenvalue weighted by Crippen LogP contribution is -2.40. The summed E-state index contributed by atoms with van der Waals surface area (Å²) < 4.78 is 1.53. The summed E-state index contributed by atoms with van der Waals surface area (Å²) in [6.07, 6.45) is 4.89. The number of fused-ring (bicyclic) bond motifs is 1. The Bertz CT molecular complexity index is 993. The molecule has 27 heavy (non-hydrogen) atoms. The molecule has 1 aromatic heterocycles. The number of para-hydroxylation sites is 2. The summed E-state index contributed by atoms with van der Waals surface area (Å²) in [4.78, 5) is 31.6. The van der Waals surface area contributed by atoms with E-state index < -0.39 is 0 Å². The van der Waals surface area contributed by atoms with Crippen molar-refractivity contribution in [1.29, 1.82) is 0 Å². The Balaban J connectivity index is 1.60. The number of hydrogen-bond acceptors (Lipinski definition) is 3. The van der Waals surface area contributed by atoms with E-state index in [-0.39, 0.29) is 18.0 Å². The zero-order chi connectivity index (χ0) is 18.6. The van der Waals surface area contributed by atoms with Gasteiger partial charge in [-0.1, -0.05) is 48.9 Å². The van der Waals surface area contributed by atoms with Crippen LogP contribution in [0.4, 0.5) is 0 Å². The van der Waals surface area contributed by atoms with E-state index in [4.69, 9.17) is 0 Å². The molecule has 1 aliphatic carbocycles. The molecule has 5 heteroatoms. The zero-order valence-corrected chi connectivity index (χ0v) is 15.3. The van der Waals surface area contributed by atoms with Crippen LogP contribution in [-0.2, 0) is 17.9 Å². The fourth-order valence-electron chi connectivity index (χ4n) is 3.56. The predicted molar refractivity (Wildman–Crippen MR) is 105 cm³/mol. The van der Waals surface area contributed by atoms with Crippen molar-refractivity contribution in [2.45, 2.75) is 32.4 Å². The molecule has 3 aromatic rings. The molecule has 0 N–H and O–H groups in total. The molecule has 0 spiro atoms. The van der Waals surface area contributed by atoms with Crippen molar-refractivity contribution in [3.8, 4) is 0 Å². The van der Waals surface area contributed by atoms with Gasteiger partial charge < -0.3 is 4.90 Å². The molecule has 5 nitrogen and oxygen atoms in total. The molecular weight excluding hydrogens is 338 g/mol. The SMILES string of the molecule is O=C(Cn1c(=O)cnc2ccccc21)N(Cc1ccccc1)CC1CCC1. The maximum absolute atomic E-state index is 13.1. The van der Waals surface area contributed by atoms with Crippen LogP contribution in [0.2, 0.25) is 0 Å². The van der Waals surface area contributed by atoms with E-state index in [0.29, 0.717) is 18.0 Å². The van der Waals surface area contributed by atoms with E-state index in [1.807, 2.05) is 59.5 Å². The molecule has 2 aromatic carbocycles. The summed E-state index contributed by atoms with van der Waals surface area (Å²) in [5.74, 6) is 0.549. The van der Waals surface area contributed by atoms with E-state index >= 15 is 0 Å². The summed E-state index contributed by atoms with van der Waals surface area (Å²) in [7, 11) is 0. The monoisotopic (exact) mass is 361 g/mol. The van der Waals surface area contributed by atoms with Gasteiger partial charge in [-0.2, -0.15) is 0 Å². The van der Waals surface area contributed by atoms with Crippen LogP contribution in [0.25, 0.3) is 11.0 Å². The number of hydrogen-bond donors (Lipinski definition) is 0. The molecule has 1 aliphatic rings. The van der Waals surface area contributed by atoms with E-state index in [2.05, 4.69) is 4.98 Å². The van der Waals surface area contributed by atoms with E-state index in [0.717, 1.165) is 17.6 Å². The van der Waals surface area contributed by atoms with Crippen LogP contribution in [-0.4, -0.2) is 26.9 Å². The first-order valence-electron chi connectivity index (χ1n) is 9.47. The van der Waals surface area contributed by atoms with Crippen LogP contribution in [0, 0.1) is 5.92 Å². The molecule has 1 amide bonds. The number of rotatable bonds is 6. The van der Waals surface area contributed by atoms with Gasteiger partial charge in [0.1, 0.15) is 6.54 Å². The summed E-state index contributed by atoms with van der Waals surface area (Å²) in [6, 6.07) is 17.5. The highest BCUT2D eigenvalue weighted by atomic mass is 16.2. The van der Waals surface area contributed by atoms with Crippen molar-refractivity contribution >= 4 is 16.9 Å². The molecule has 1 saturated carbocycles. The third kappa shape index (κ3) is 3.92. The van der Waals surface area contributed by atoms with E-state index in [9.17, 15) is 9.59 Å². The molecule has 0 bridgehead atoms. The highest BCUT2D eigenvalue weighted by Crippen LogP contribution is 2.27. The normalized spacial score (nSPS) is 14.1. The van der Waals surface area contributed by atoms with Crippen molar-refractivity contribution in [3.05, 3.63) is 76.7 Å². The van der Waals surface area contributed by atoms with E-state index in [1.165, 1.54) is 30.0 Å². The summed E-state index contributed by atoms with van der Waals surface area (Å²) in [5, 5.41) is 0. The predicted octanol–water partition coefficient (Wildman–Crippen LogP) is 3.23. The molecule has 0 radical (unpaired) electrons. The average molecular weight is 361 g/mol. The summed E-state index contributed by atoms with van der Waals surface area (Å²) in [5.41, 5.74) is 2.28. The lowest BCUT2D eigenvalue weighted by atomic mass is 9.85. The topological polar surface area (TPSA) is 55.2 Å². The second-order valence-electron chi connectivity index (χ2n) is 7.23. The van der Waals surface area contributed by atoms with Gasteiger partial charge in [-0.05, 0) is 36.5 Å². The highest BCUT2D eigenvalue weighted by molar-refractivity contribution is 5.80. The Hall–Kier alpha value is -2.95. The Kier molecular flexibility index (Phi) is 5.01. The van der Waals surface area contributed by atoms with Crippen LogP contribution in [0.5, 0.6) is 0 Å². The largest absolute Gasteiger partial charge is 0.337 e. The first-order chi connectivity index (χ1) is 13.2. The number of carbonyl (C=O) groups excluding carboxylic acids is 1. The number of nitrogens with zero attached hydrogens (tertiary/aromatic N) is 3. The Morgan fingerprint density at radius 3 is 2.56 bits per heavy atom. The van der Waals surface area contributed by atoms with Gasteiger partial charge in [-0.3, -0.25) is 14.2 Å². The summed E-state index contributed by atoms with van der Waals surface area (Å²) in [6.45, 7) is 1.38. The minimum absolute atomic E-state index is 0.0239. The number of aromatic nitrogens is 2. The molecule has 0 aliphatic heterocycles. The van der Waals surface area contributed by atoms with Crippen LogP contribution >= 0.6 is 0 Å². The lowest BCUT2D eigenvalue weighted by Gasteiger charge is -2.32. The van der Waals surface area contributed by atoms with Gasteiger partial charge in [0.2, 0.25) is 5.91 Å². The number of carbonyl (C=O) groups is 1. The molecule has 1 fully saturated rings. The zero-order valence-electron chi connectivity index (χ0n) is 15.3. The Morgan fingerprint density at radius 1 is 1.07 bits per heavy atom. The maximum atomic E-state index is 13.1. The van der Waals surface area contributed by atoms with Gasteiger partial charge in [-0.15, -0.1) is 0 Å². The quantitative estimate of drug-likeness (QED) is 0.677. The molecule has 138 valence electrons. The maximum Gasteiger partial charge on any atom is 0.269 e. The smallest absolute Gasteiger partial charge is 0.269 e. The molecule has 4 rings (SSSR count). The van der Waals surface area contributed by atoms with Crippen LogP contribution in [0.1, 0.15) is 24.8 Å². The van der Waals surface area contributed by atoms with Crippen LogP contribution < -0.4 is 5.56 Å². The molecule has 0 atom stereocenters. The first-order valence-corrected chi connectivity index (χ1v) is 9.47. The highest BCUT2D eigenvalue weighted by Gasteiger charge is 2.24. The van der Waals surface area contributed by atoms with Crippen molar-refractivity contribution in [2.75, 3.05) is 6.54 Å². The third-order valence-corrected chi connectivity index (χ3v) is 5.32. The van der Waals surface area contributed by atoms with Crippen molar-refractivity contribution < 1.29 is 4.79 Å². The standard InChI is InChI=1S/C22H23N3O2/c26-21-13-23-19-11-4-5-12-20(19)25(21)16-22(27)24(15-18-9-6-10-18)14-17-7-2-1-3-8-17/h1-5,7-8,11-13,18H,6,9-10,14-16H2. The Morgan fingerprint density at radius 2 is 1.81 bits per heavy atom. The number of benzene rings is 2. The van der Waals surface area contributed by atoms with Gasteiger partial charge in [0.15, 0.2) is 0 Å². The second kappa shape index (κ2) is 7.74. The van der Waals surface area contributed by atoms with Gasteiger partial charge in [0, 0.05) is 13.1 Å². The second-order valence-corrected chi connectivity index (χ2v) is 7.23. The number of amides is 1. The minimum atomic E-state index is -0.245. The Labute approximate surface area is 158 Å². The first kappa shape index (κ1) is 17.5. The van der Waals surface area contributed by atoms with Crippen molar-refractivity contribution in [2.24, 2.45) is 5.92 Å². The molecular formula is C22H23N3O2. The molecule has 0 unspecified atom stereocenters. The average Bonchev–Trinajstić information content (AvgIpc) is 2.66. The van der Waals surface area contributed by atoms with Crippen LogP contribution in [0.3, 0.4) is 0 Å². The summed E-state index contributed by atoms with van der Waals surface area (Å²) >= 11 is 0. The molecule has 0 saturated heterocycles. The van der Waals surface area contributed by atoms with Gasteiger partial charge in [0.25, 0.3) is 5.56 Å². The van der Waals surface area contributed by atoms with Crippen molar-refractivity contribution in [1.82, 2.24) is 14.5 Å².